The van der Waals surface area contributed by atoms with Crippen LogP contribution in [-0.2, 0) is 14.8 Å². The summed E-state index contributed by atoms with van der Waals surface area (Å²) in [6.07, 6.45) is 1.46. The van der Waals surface area contributed by atoms with Crippen LogP contribution in [0.4, 0.5) is 0 Å². The van der Waals surface area contributed by atoms with Gasteiger partial charge in [-0.3, -0.25) is 4.79 Å². The molecule has 0 spiro atoms. The van der Waals surface area contributed by atoms with Gasteiger partial charge in [0.05, 0.1) is 10.8 Å². The van der Waals surface area contributed by atoms with Crippen LogP contribution in [0.3, 0.4) is 0 Å². The van der Waals surface area contributed by atoms with Crippen molar-refractivity contribution in [2.24, 2.45) is 5.92 Å². The van der Waals surface area contributed by atoms with E-state index >= 15 is 0 Å². The van der Waals surface area contributed by atoms with E-state index in [0.717, 1.165) is 6.42 Å². The highest BCUT2D eigenvalue weighted by molar-refractivity contribution is 7.89. The van der Waals surface area contributed by atoms with Gasteiger partial charge in [0, 0.05) is 19.6 Å². The predicted molar refractivity (Wildman–Crippen MR) is 76.6 cm³/mol. The predicted octanol–water partition coefficient (Wildman–Crippen LogP) is 1.22. The maximum absolute atomic E-state index is 12.5. The molecule has 1 saturated heterocycles. The normalized spacial score (nSPS) is 20.6. The SMILES string of the molecule is CCNC(=O)C1CCCN(S(=O)(=O)c2ccccc2)C1. The van der Waals surface area contributed by atoms with Crippen molar-refractivity contribution in [3.8, 4) is 0 Å². The summed E-state index contributed by atoms with van der Waals surface area (Å²) < 4.78 is 26.4. The van der Waals surface area contributed by atoms with E-state index in [2.05, 4.69) is 5.32 Å². The number of benzene rings is 1. The summed E-state index contributed by atoms with van der Waals surface area (Å²) in [5.74, 6) is -0.303. The second kappa shape index (κ2) is 6.37. The molecule has 0 saturated carbocycles. The van der Waals surface area contributed by atoms with Crippen LogP contribution in [0.15, 0.2) is 35.2 Å². The van der Waals surface area contributed by atoms with Crippen LogP contribution in [-0.4, -0.2) is 38.3 Å². The number of carbonyl (C=O) groups is 1. The minimum absolute atomic E-state index is 0.0551. The Balaban J connectivity index is 2.15. The third-order valence-corrected chi connectivity index (χ3v) is 5.37. The number of amides is 1. The Labute approximate surface area is 120 Å². The lowest BCUT2D eigenvalue weighted by Gasteiger charge is -2.31. The van der Waals surface area contributed by atoms with Crippen molar-refractivity contribution in [3.05, 3.63) is 30.3 Å². The molecule has 5 nitrogen and oxygen atoms in total. The van der Waals surface area contributed by atoms with Gasteiger partial charge in [-0.15, -0.1) is 0 Å². The Morgan fingerprint density at radius 3 is 2.70 bits per heavy atom. The van der Waals surface area contributed by atoms with Crippen molar-refractivity contribution in [2.45, 2.75) is 24.7 Å². The number of piperidine rings is 1. The molecule has 0 radical (unpaired) electrons. The van der Waals surface area contributed by atoms with Gasteiger partial charge in [-0.05, 0) is 31.9 Å². The molecule has 0 aromatic heterocycles. The van der Waals surface area contributed by atoms with E-state index < -0.39 is 10.0 Å². The van der Waals surface area contributed by atoms with E-state index in [0.29, 0.717) is 19.5 Å². The summed E-state index contributed by atoms with van der Waals surface area (Å²) in [6, 6.07) is 8.37. The van der Waals surface area contributed by atoms with Gasteiger partial charge in [-0.2, -0.15) is 4.31 Å². The standard InChI is InChI=1S/C14H20N2O3S/c1-2-15-14(17)12-7-6-10-16(11-12)20(18,19)13-8-4-3-5-9-13/h3-5,8-9,12H,2,6-7,10-11H2,1H3,(H,15,17). The lowest BCUT2D eigenvalue weighted by molar-refractivity contribution is -0.125. The lowest BCUT2D eigenvalue weighted by Crippen LogP contribution is -2.45. The summed E-state index contributed by atoms with van der Waals surface area (Å²) >= 11 is 0. The average Bonchev–Trinajstić information content (AvgIpc) is 2.48. The first kappa shape index (κ1) is 15.0. The van der Waals surface area contributed by atoms with E-state index in [9.17, 15) is 13.2 Å². The van der Waals surface area contributed by atoms with Crippen LogP contribution in [0.1, 0.15) is 19.8 Å². The minimum Gasteiger partial charge on any atom is -0.356 e. The molecule has 110 valence electrons. The second-order valence-electron chi connectivity index (χ2n) is 4.91. The van der Waals surface area contributed by atoms with Crippen LogP contribution in [0, 0.1) is 5.92 Å². The highest BCUT2D eigenvalue weighted by Crippen LogP contribution is 2.23. The number of hydrogen-bond donors (Lipinski definition) is 1. The fourth-order valence-electron chi connectivity index (χ4n) is 2.43. The van der Waals surface area contributed by atoms with Gasteiger partial charge in [0.25, 0.3) is 0 Å². The van der Waals surface area contributed by atoms with Crippen LogP contribution >= 0.6 is 0 Å². The number of rotatable bonds is 4. The molecule has 1 unspecified atom stereocenters. The second-order valence-corrected chi connectivity index (χ2v) is 6.85. The molecule has 1 heterocycles. The maximum atomic E-state index is 12.5. The topological polar surface area (TPSA) is 66.5 Å². The minimum atomic E-state index is -3.49. The van der Waals surface area contributed by atoms with Crippen molar-refractivity contribution in [1.29, 1.82) is 0 Å². The molecule has 1 aromatic carbocycles. The molecule has 1 N–H and O–H groups in total. The maximum Gasteiger partial charge on any atom is 0.243 e. The van der Waals surface area contributed by atoms with Crippen LogP contribution < -0.4 is 5.32 Å². The first-order valence-corrected chi connectivity index (χ1v) is 8.32. The lowest BCUT2D eigenvalue weighted by atomic mass is 9.99. The third-order valence-electron chi connectivity index (χ3n) is 3.49. The van der Waals surface area contributed by atoms with Gasteiger partial charge in [-0.25, -0.2) is 8.42 Å². The summed E-state index contributed by atoms with van der Waals surface area (Å²) in [6.45, 7) is 3.18. The fraction of sp³-hybridized carbons (Fsp3) is 0.500. The molecule has 1 aliphatic heterocycles. The first-order valence-electron chi connectivity index (χ1n) is 6.88. The molecule has 1 atom stereocenters. The quantitative estimate of drug-likeness (QED) is 0.908. The largest absolute Gasteiger partial charge is 0.356 e. The van der Waals surface area contributed by atoms with E-state index in [-0.39, 0.29) is 23.3 Å². The first-order chi connectivity index (χ1) is 9.55. The molecule has 20 heavy (non-hydrogen) atoms. The Bertz CT molecular complexity index is 557. The van der Waals surface area contributed by atoms with Gasteiger partial charge in [-0.1, -0.05) is 18.2 Å². The van der Waals surface area contributed by atoms with E-state index in [1.54, 1.807) is 30.3 Å². The van der Waals surface area contributed by atoms with Crippen LogP contribution in [0.2, 0.25) is 0 Å². The van der Waals surface area contributed by atoms with E-state index in [4.69, 9.17) is 0 Å². The van der Waals surface area contributed by atoms with Crippen molar-refractivity contribution in [2.75, 3.05) is 19.6 Å². The smallest absolute Gasteiger partial charge is 0.243 e. The number of hydrogen-bond acceptors (Lipinski definition) is 3. The zero-order chi connectivity index (χ0) is 14.6. The van der Waals surface area contributed by atoms with E-state index in [1.807, 2.05) is 6.92 Å². The fourth-order valence-corrected chi connectivity index (χ4v) is 3.98. The molecule has 1 fully saturated rings. The molecule has 1 amide bonds. The zero-order valence-corrected chi connectivity index (χ0v) is 12.4. The van der Waals surface area contributed by atoms with Gasteiger partial charge in [0.2, 0.25) is 15.9 Å². The zero-order valence-electron chi connectivity index (χ0n) is 11.6. The molecule has 2 rings (SSSR count). The van der Waals surface area contributed by atoms with Crippen molar-refractivity contribution >= 4 is 15.9 Å². The third kappa shape index (κ3) is 3.19. The summed E-state index contributed by atoms with van der Waals surface area (Å²) in [5, 5.41) is 2.77. The summed E-state index contributed by atoms with van der Waals surface area (Å²) in [5.41, 5.74) is 0. The molecular formula is C14H20N2O3S. The van der Waals surface area contributed by atoms with Crippen LogP contribution in [0.25, 0.3) is 0 Å². The van der Waals surface area contributed by atoms with Crippen LogP contribution in [0.5, 0.6) is 0 Å². The molecule has 0 aliphatic carbocycles. The number of nitrogens with zero attached hydrogens (tertiary/aromatic N) is 1. The highest BCUT2D eigenvalue weighted by Gasteiger charge is 2.32. The van der Waals surface area contributed by atoms with Gasteiger partial charge in [0.15, 0.2) is 0 Å². The summed E-state index contributed by atoms with van der Waals surface area (Å²) in [4.78, 5) is 12.2. The molecule has 6 heteroatoms. The Hall–Kier alpha value is -1.40. The molecule has 0 bridgehead atoms. The number of sulfonamides is 1. The van der Waals surface area contributed by atoms with Gasteiger partial charge in [0.1, 0.15) is 0 Å². The number of nitrogens with one attached hydrogen (secondary N) is 1. The monoisotopic (exact) mass is 296 g/mol. The van der Waals surface area contributed by atoms with Crippen molar-refractivity contribution in [3.63, 3.8) is 0 Å². The molecular weight excluding hydrogens is 276 g/mol. The van der Waals surface area contributed by atoms with Gasteiger partial charge >= 0.3 is 0 Å². The Morgan fingerprint density at radius 2 is 2.05 bits per heavy atom. The Kier molecular flexibility index (Phi) is 4.77. The van der Waals surface area contributed by atoms with Crippen molar-refractivity contribution in [1.82, 2.24) is 9.62 Å². The van der Waals surface area contributed by atoms with Gasteiger partial charge < -0.3 is 5.32 Å². The Morgan fingerprint density at radius 1 is 1.35 bits per heavy atom. The van der Waals surface area contributed by atoms with E-state index in [1.165, 1.54) is 4.31 Å². The van der Waals surface area contributed by atoms with Crippen molar-refractivity contribution < 1.29 is 13.2 Å². The average molecular weight is 296 g/mol. The highest BCUT2D eigenvalue weighted by atomic mass is 32.2. The molecule has 1 aromatic rings. The molecule has 1 aliphatic rings. The summed E-state index contributed by atoms with van der Waals surface area (Å²) in [7, 11) is -3.49. The number of carbonyl (C=O) groups excluding carboxylic acids is 1.